The number of hydrogen-bond acceptors (Lipinski definition) is 4. The summed E-state index contributed by atoms with van der Waals surface area (Å²) in [7, 11) is 1.61. The summed E-state index contributed by atoms with van der Waals surface area (Å²) < 4.78 is 5.22. The fourth-order valence-corrected chi connectivity index (χ4v) is 1.87. The molecule has 1 unspecified atom stereocenters. The fourth-order valence-electron chi connectivity index (χ4n) is 1.73. The summed E-state index contributed by atoms with van der Waals surface area (Å²) in [5.74, 6) is 0.601. The van der Waals surface area contributed by atoms with E-state index >= 15 is 0 Å². The molecule has 0 aromatic carbocycles. The predicted octanol–water partition coefficient (Wildman–Crippen LogP) is 0.977. The summed E-state index contributed by atoms with van der Waals surface area (Å²) in [6.45, 7) is 2.84. The van der Waals surface area contributed by atoms with Gasteiger partial charge in [-0.1, -0.05) is 11.6 Å². The molecule has 2 N–H and O–H groups in total. The van der Waals surface area contributed by atoms with Gasteiger partial charge in [-0.15, -0.1) is 0 Å². The molecule has 15 heavy (non-hydrogen) atoms. The van der Waals surface area contributed by atoms with Crippen molar-refractivity contribution >= 4 is 11.6 Å². The van der Waals surface area contributed by atoms with Crippen LogP contribution < -0.4 is 15.4 Å². The molecule has 4 nitrogen and oxygen atoms in total. The monoisotopic (exact) mass is 227 g/mol. The Morgan fingerprint density at radius 3 is 3.00 bits per heavy atom. The summed E-state index contributed by atoms with van der Waals surface area (Å²) in [6.07, 6.45) is 0. The third-order valence-electron chi connectivity index (χ3n) is 2.47. The first-order valence-electron chi connectivity index (χ1n) is 4.96. The molecule has 1 fully saturated rings. The number of halogens is 1. The standard InChI is InChI=1S/C10H14ClN3O/c1-15-10-7(2-3-9(11)14-10)8-6-12-4-5-13-8/h2-3,8,12-13H,4-6H2,1H3. The van der Waals surface area contributed by atoms with E-state index in [2.05, 4.69) is 15.6 Å². The molecule has 82 valence electrons. The van der Waals surface area contributed by atoms with E-state index in [1.54, 1.807) is 13.2 Å². The highest BCUT2D eigenvalue weighted by molar-refractivity contribution is 6.29. The van der Waals surface area contributed by atoms with Crippen LogP contribution in [0.1, 0.15) is 11.6 Å². The first-order valence-corrected chi connectivity index (χ1v) is 5.33. The van der Waals surface area contributed by atoms with Gasteiger partial charge in [-0.05, 0) is 12.1 Å². The van der Waals surface area contributed by atoms with Gasteiger partial charge in [-0.2, -0.15) is 0 Å². The second-order valence-corrected chi connectivity index (χ2v) is 3.83. The van der Waals surface area contributed by atoms with E-state index in [1.165, 1.54) is 0 Å². The van der Waals surface area contributed by atoms with Crippen molar-refractivity contribution in [2.75, 3.05) is 26.7 Å². The molecule has 5 heteroatoms. The Morgan fingerprint density at radius 1 is 1.47 bits per heavy atom. The van der Waals surface area contributed by atoms with Crippen LogP contribution in [-0.4, -0.2) is 31.7 Å². The number of rotatable bonds is 2. The van der Waals surface area contributed by atoms with Crippen LogP contribution in [0.15, 0.2) is 12.1 Å². The fraction of sp³-hybridized carbons (Fsp3) is 0.500. The van der Waals surface area contributed by atoms with E-state index < -0.39 is 0 Å². The molecule has 0 spiro atoms. The van der Waals surface area contributed by atoms with Gasteiger partial charge in [-0.3, -0.25) is 0 Å². The maximum absolute atomic E-state index is 5.81. The normalized spacial score (nSPS) is 21.3. The smallest absolute Gasteiger partial charge is 0.219 e. The van der Waals surface area contributed by atoms with E-state index in [0.29, 0.717) is 11.0 Å². The van der Waals surface area contributed by atoms with Gasteiger partial charge in [0.1, 0.15) is 5.15 Å². The molecule has 0 amide bonds. The average molecular weight is 228 g/mol. The van der Waals surface area contributed by atoms with Crippen molar-refractivity contribution in [3.63, 3.8) is 0 Å². The van der Waals surface area contributed by atoms with E-state index in [1.807, 2.05) is 6.07 Å². The first-order chi connectivity index (χ1) is 7.31. The third kappa shape index (κ3) is 2.40. The summed E-state index contributed by atoms with van der Waals surface area (Å²) in [6, 6.07) is 3.99. The number of aromatic nitrogens is 1. The molecule has 0 aliphatic carbocycles. The Labute approximate surface area is 94.0 Å². The lowest BCUT2D eigenvalue weighted by Gasteiger charge is -2.25. The highest BCUT2D eigenvalue weighted by atomic mass is 35.5. The van der Waals surface area contributed by atoms with Gasteiger partial charge in [0.2, 0.25) is 5.88 Å². The Hall–Kier alpha value is -0.840. The molecule has 0 saturated carbocycles. The lowest BCUT2D eigenvalue weighted by molar-refractivity contribution is 0.369. The molecule has 0 radical (unpaired) electrons. The van der Waals surface area contributed by atoms with E-state index in [4.69, 9.17) is 16.3 Å². The minimum absolute atomic E-state index is 0.249. The first kappa shape index (κ1) is 10.7. The Morgan fingerprint density at radius 2 is 2.33 bits per heavy atom. The topological polar surface area (TPSA) is 46.2 Å². The number of nitrogens with zero attached hydrogens (tertiary/aromatic N) is 1. The van der Waals surface area contributed by atoms with Crippen LogP contribution in [0.3, 0.4) is 0 Å². The summed E-state index contributed by atoms with van der Waals surface area (Å²) in [5, 5.41) is 7.18. The van der Waals surface area contributed by atoms with Crippen LogP contribution in [0.4, 0.5) is 0 Å². The quantitative estimate of drug-likeness (QED) is 0.740. The van der Waals surface area contributed by atoms with Gasteiger partial charge in [0.05, 0.1) is 13.2 Å². The number of nitrogens with one attached hydrogen (secondary N) is 2. The average Bonchev–Trinajstić information content (AvgIpc) is 2.30. The van der Waals surface area contributed by atoms with Crippen LogP contribution in [-0.2, 0) is 0 Å². The minimum Gasteiger partial charge on any atom is -0.481 e. The lowest BCUT2D eigenvalue weighted by atomic mass is 10.1. The molecular weight excluding hydrogens is 214 g/mol. The molecular formula is C10H14ClN3O. The van der Waals surface area contributed by atoms with Gasteiger partial charge in [0, 0.05) is 25.2 Å². The van der Waals surface area contributed by atoms with Gasteiger partial charge in [0.15, 0.2) is 0 Å². The van der Waals surface area contributed by atoms with Crippen molar-refractivity contribution in [2.45, 2.75) is 6.04 Å². The van der Waals surface area contributed by atoms with E-state index in [0.717, 1.165) is 25.2 Å². The second-order valence-electron chi connectivity index (χ2n) is 3.44. The van der Waals surface area contributed by atoms with Crippen molar-refractivity contribution < 1.29 is 4.74 Å². The SMILES string of the molecule is COc1nc(Cl)ccc1C1CNCCN1. The molecule has 1 aromatic heterocycles. The predicted molar refractivity (Wildman–Crippen MR) is 59.4 cm³/mol. The molecule has 2 rings (SSSR count). The van der Waals surface area contributed by atoms with Crippen LogP contribution in [0.25, 0.3) is 0 Å². The van der Waals surface area contributed by atoms with Crippen molar-refractivity contribution in [1.29, 1.82) is 0 Å². The molecule has 1 atom stereocenters. The maximum atomic E-state index is 5.81. The molecule has 2 heterocycles. The number of pyridine rings is 1. The minimum atomic E-state index is 0.249. The Bertz CT molecular complexity index is 339. The zero-order chi connectivity index (χ0) is 10.7. The summed E-state index contributed by atoms with van der Waals surface area (Å²) in [4.78, 5) is 4.14. The number of piperazine rings is 1. The zero-order valence-corrected chi connectivity index (χ0v) is 9.34. The molecule has 1 aliphatic heterocycles. The van der Waals surface area contributed by atoms with Gasteiger partial charge >= 0.3 is 0 Å². The molecule has 1 aliphatic rings. The van der Waals surface area contributed by atoms with Crippen LogP contribution in [0, 0.1) is 0 Å². The highest BCUT2D eigenvalue weighted by Gasteiger charge is 2.19. The van der Waals surface area contributed by atoms with E-state index in [9.17, 15) is 0 Å². The van der Waals surface area contributed by atoms with Crippen LogP contribution in [0.5, 0.6) is 5.88 Å². The van der Waals surface area contributed by atoms with Crippen LogP contribution >= 0.6 is 11.6 Å². The van der Waals surface area contributed by atoms with Gasteiger partial charge < -0.3 is 15.4 Å². The van der Waals surface area contributed by atoms with Gasteiger partial charge in [0.25, 0.3) is 0 Å². The number of methoxy groups -OCH3 is 1. The van der Waals surface area contributed by atoms with Crippen LogP contribution in [0.2, 0.25) is 5.15 Å². The summed E-state index contributed by atoms with van der Waals surface area (Å²) >= 11 is 5.81. The number of ether oxygens (including phenoxy) is 1. The zero-order valence-electron chi connectivity index (χ0n) is 8.59. The van der Waals surface area contributed by atoms with Crippen molar-refractivity contribution in [2.24, 2.45) is 0 Å². The highest BCUT2D eigenvalue weighted by Crippen LogP contribution is 2.25. The largest absolute Gasteiger partial charge is 0.481 e. The molecule has 1 saturated heterocycles. The molecule has 0 bridgehead atoms. The second kappa shape index (κ2) is 4.79. The van der Waals surface area contributed by atoms with Crippen molar-refractivity contribution in [3.05, 3.63) is 22.8 Å². The maximum Gasteiger partial charge on any atom is 0.219 e. The van der Waals surface area contributed by atoms with Crippen molar-refractivity contribution in [1.82, 2.24) is 15.6 Å². The Balaban J connectivity index is 2.25. The van der Waals surface area contributed by atoms with Crippen molar-refractivity contribution in [3.8, 4) is 5.88 Å². The lowest BCUT2D eigenvalue weighted by Crippen LogP contribution is -2.42. The molecule has 1 aromatic rings. The third-order valence-corrected chi connectivity index (χ3v) is 2.68. The van der Waals surface area contributed by atoms with E-state index in [-0.39, 0.29) is 6.04 Å². The summed E-state index contributed by atoms with van der Waals surface area (Å²) in [5.41, 5.74) is 1.05. The number of hydrogen-bond donors (Lipinski definition) is 2. The van der Waals surface area contributed by atoms with Gasteiger partial charge in [-0.25, -0.2) is 4.98 Å². The Kier molecular flexibility index (Phi) is 3.41.